The lowest BCUT2D eigenvalue weighted by atomic mass is 10.3. The third-order valence-electron chi connectivity index (χ3n) is 2.54. The van der Waals surface area contributed by atoms with Crippen LogP contribution in [0.1, 0.15) is 6.92 Å². The van der Waals surface area contributed by atoms with Crippen LogP contribution in [0.2, 0.25) is 0 Å². The van der Waals surface area contributed by atoms with Gasteiger partial charge in [-0.15, -0.1) is 12.4 Å². The van der Waals surface area contributed by atoms with Gasteiger partial charge in [0.25, 0.3) is 0 Å². The van der Waals surface area contributed by atoms with Crippen LogP contribution in [0.25, 0.3) is 0 Å². The van der Waals surface area contributed by atoms with Crippen molar-refractivity contribution >= 4 is 38.1 Å². The summed E-state index contributed by atoms with van der Waals surface area (Å²) in [7, 11) is -5.91. The number of rotatable bonds is 8. The molecule has 22 heavy (non-hydrogen) atoms. The molecule has 0 aliphatic rings. The first kappa shape index (κ1) is 20.9. The van der Waals surface area contributed by atoms with E-state index in [9.17, 15) is 16.8 Å². The fraction of sp³-hybridized carbons (Fsp3) is 0.455. The quantitative estimate of drug-likeness (QED) is 0.593. The molecule has 0 aliphatic heterocycles. The third kappa shape index (κ3) is 5.61. The zero-order valence-corrected chi connectivity index (χ0v) is 14.6. The molecule has 0 aliphatic carbocycles. The first-order valence-electron chi connectivity index (χ1n) is 6.14. The summed E-state index contributed by atoms with van der Waals surface area (Å²) in [5.41, 5.74) is 5.49. The van der Waals surface area contributed by atoms with Gasteiger partial charge in [-0.1, -0.05) is 0 Å². The monoisotopic (exact) mass is 373 g/mol. The SMILES string of the molecule is CCS(=O)(=O)Nc1ccc(S(=O)(=O)NCCN)c(OC)c1.Cl. The average molecular weight is 374 g/mol. The summed E-state index contributed by atoms with van der Waals surface area (Å²) in [4.78, 5) is -0.0853. The number of hydrogen-bond acceptors (Lipinski definition) is 6. The average Bonchev–Trinajstić information content (AvgIpc) is 2.44. The van der Waals surface area contributed by atoms with Gasteiger partial charge < -0.3 is 10.5 Å². The Balaban J connectivity index is 0.00000441. The molecule has 0 heterocycles. The highest BCUT2D eigenvalue weighted by molar-refractivity contribution is 7.92. The topological polar surface area (TPSA) is 128 Å². The Kier molecular flexibility index (Phi) is 8.12. The predicted octanol–water partition coefficient (Wildman–Crippen LogP) is 0.116. The minimum atomic E-state index is -3.76. The molecule has 0 saturated carbocycles. The van der Waals surface area contributed by atoms with E-state index >= 15 is 0 Å². The Morgan fingerprint density at radius 2 is 1.86 bits per heavy atom. The summed E-state index contributed by atoms with van der Waals surface area (Å²) in [5.74, 6) is -0.0521. The van der Waals surface area contributed by atoms with Gasteiger partial charge in [-0.3, -0.25) is 4.72 Å². The van der Waals surface area contributed by atoms with Crippen LogP contribution >= 0.6 is 12.4 Å². The molecule has 4 N–H and O–H groups in total. The van der Waals surface area contributed by atoms with E-state index in [1.807, 2.05) is 0 Å². The summed E-state index contributed by atoms with van der Waals surface area (Å²) in [6, 6.07) is 3.93. The van der Waals surface area contributed by atoms with E-state index in [1.54, 1.807) is 0 Å². The summed E-state index contributed by atoms with van der Waals surface area (Å²) in [6.45, 7) is 1.75. The van der Waals surface area contributed by atoms with Gasteiger partial charge in [0.1, 0.15) is 10.6 Å². The van der Waals surface area contributed by atoms with Crippen molar-refractivity contribution in [2.75, 3.05) is 30.7 Å². The maximum Gasteiger partial charge on any atom is 0.244 e. The van der Waals surface area contributed by atoms with Crippen molar-refractivity contribution in [1.29, 1.82) is 0 Å². The number of hydrogen-bond donors (Lipinski definition) is 3. The van der Waals surface area contributed by atoms with E-state index in [0.717, 1.165) is 0 Å². The van der Waals surface area contributed by atoms with Crippen LogP contribution in [-0.2, 0) is 20.0 Å². The van der Waals surface area contributed by atoms with Gasteiger partial charge in [0.15, 0.2) is 0 Å². The minimum Gasteiger partial charge on any atom is -0.495 e. The van der Waals surface area contributed by atoms with Gasteiger partial charge in [0, 0.05) is 19.2 Å². The van der Waals surface area contributed by atoms with Gasteiger partial charge in [0.2, 0.25) is 20.0 Å². The predicted molar refractivity (Wildman–Crippen MR) is 87.6 cm³/mol. The lowest BCUT2D eigenvalue weighted by molar-refractivity contribution is 0.402. The Morgan fingerprint density at radius 1 is 1.23 bits per heavy atom. The Hall–Kier alpha value is -1.07. The fourth-order valence-corrected chi connectivity index (χ4v) is 3.30. The number of methoxy groups -OCH3 is 1. The summed E-state index contributed by atoms with van der Waals surface area (Å²) >= 11 is 0. The first-order valence-corrected chi connectivity index (χ1v) is 9.27. The minimum absolute atomic E-state index is 0. The molecule has 0 atom stereocenters. The largest absolute Gasteiger partial charge is 0.495 e. The zero-order chi connectivity index (χ0) is 16.1. The lowest BCUT2D eigenvalue weighted by Crippen LogP contribution is -2.29. The number of halogens is 1. The van der Waals surface area contributed by atoms with Gasteiger partial charge in [0.05, 0.1) is 18.6 Å². The first-order chi connectivity index (χ1) is 9.75. The maximum atomic E-state index is 12.0. The van der Waals surface area contributed by atoms with Crippen LogP contribution in [0.5, 0.6) is 5.75 Å². The number of ether oxygens (including phenoxy) is 1. The maximum absolute atomic E-state index is 12.0. The molecule has 0 unspecified atom stereocenters. The Labute approximate surface area is 136 Å². The highest BCUT2D eigenvalue weighted by atomic mass is 35.5. The van der Waals surface area contributed by atoms with Crippen molar-refractivity contribution in [2.45, 2.75) is 11.8 Å². The van der Waals surface area contributed by atoms with E-state index in [4.69, 9.17) is 10.5 Å². The van der Waals surface area contributed by atoms with Crippen LogP contribution in [0.3, 0.4) is 0 Å². The summed E-state index contributed by atoms with van der Waals surface area (Å²) < 4.78 is 56.7. The highest BCUT2D eigenvalue weighted by Gasteiger charge is 2.20. The second-order valence-electron chi connectivity index (χ2n) is 4.06. The van der Waals surface area contributed by atoms with E-state index in [0.29, 0.717) is 0 Å². The van der Waals surface area contributed by atoms with E-state index in [-0.39, 0.29) is 47.6 Å². The summed E-state index contributed by atoms with van der Waals surface area (Å²) in [5, 5.41) is 0. The molecule has 8 nitrogen and oxygen atoms in total. The molecular weight excluding hydrogens is 354 g/mol. The van der Waals surface area contributed by atoms with Gasteiger partial charge in [-0.2, -0.15) is 0 Å². The molecule has 1 aromatic carbocycles. The molecule has 0 spiro atoms. The molecular formula is C11H20ClN3O5S2. The van der Waals surface area contributed by atoms with Crippen LogP contribution in [0.15, 0.2) is 23.1 Å². The van der Waals surface area contributed by atoms with Crippen LogP contribution in [0.4, 0.5) is 5.69 Å². The number of anilines is 1. The zero-order valence-electron chi connectivity index (χ0n) is 12.2. The number of benzene rings is 1. The number of nitrogens with two attached hydrogens (primary N) is 1. The van der Waals surface area contributed by atoms with E-state index in [1.165, 1.54) is 32.2 Å². The molecule has 1 rings (SSSR count). The van der Waals surface area contributed by atoms with Crippen molar-refractivity contribution in [3.05, 3.63) is 18.2 Å². The standard InChI is InChI=1S/C11H19N3O5S2.ClH/c1-3-20(15,16)14-9-4-5-11(10(8-9)19-2)21(17,18)13-7-6-12;/h4-5,8,13-14H,3,6-7,12H2,1-2H3;1H. The molecule has 0 bridgehead atoms. The van der Waals surface area contributed by atoms with Gasteiger partial charge in [-0.25, -0.2) is 21.6 Å². The smallest absolute Gasteiger partial charge is 0.244 e. The molecule has 0 fully saturated rings. The second kappa shape index (κ2) is 8.53. The normalized spacial score (nSPS) is 11.6. The number of sulfonamides is 2. The fourth-order valence-electron chi connectivity index (χ4n) is 1.48. The van der Waals surface area contributed by atoms with Crippen molar-refractivity contribution in [3.8, 4) is 5.75 Å². The van der Waals surface area contributed by atoms with E-state index < -0.39 is 20.0 Å². The molecule has 0 radical (unpaired) electrons. The van der Waals surface area contributed by atoms with Crippen LogP contribution < -0.4 is 19.9 Å². The third-order valence-corrected chi connectivity index (χ3v) is 5.35. The second-order valence-corrected chi connectivity index (χ2v) is 7.80. The molecule has 0 aromatic heterocycles. The van der Waals surface area contributed by atoms with Gasteiger partial charge >= 0.3 is 0 Å². The Morgan fingerprint density at radius 3 is 2.36 bits per heavy atom. The highest BCUT2D eigenvalue weighted by Crippen LogP contribution is 2.27. The van der Waals surface area contributed by atoms with Crippen LogP contribution in [0, 0.1) is 0 Å². The van der Waals surface area contributed by atoms with Crippen LogP contribution in [-0.4, -0.2) is 42.8 Å². The molecule has 0 saturated heterocycles. The molecule has 1 aromatic rings. The summed E-state index contributed by atoms with van der Waals surface area (Å²) in [6.07, 6.45) is 0. The van der Waals surface area contributed by atoms with Crippen molar-refractivity contribution in [3.63, 3.8) is 0 Å². The Bertz CT molecular complexity index is 692. The van der Waals surface area contributed by atoms with E-state index in [2.05, 4.69) is 9.44 Å². The van der Waals surface area contributed by atoms with Crippen molar-refractivity contribution in [1.82, 2.24) is 4.72 Å². The van der Waals surface area contributed by atoms with Crippen molar-refractivity contribution < 1.29 is 21.6 Å². The van der Waals surface area contributed by atoms with Crippen molar-refractivity contribution in [2.24, 2.45) is 5.73 Å². The van der Waals surface area contributed by atoms with Gasteiger partial charge in [-0.05, 0) is 19.1 Å². The molecule has 0 amide bonds. The molecule has 11 heteroatoms. The number of nitrogens with one attached hydrogen (secondary N) is 2. The lowest BCUT2D eigenvalue weighted by Gasteiger charge is -2.12. The molecule has 128 valence electrons.